The van der Waals surface area contributed by atoms with E-state index in [0.29, 0.717) is 11.8 Å². The maximum absolute atomic E-state index is 6.36. The first-order valence-corrected chi connectivity index (χ1v) is 8.60. The first-order chi connectivity index (χ1) is 11.9. The van der Waals surface area contributed by atoms with E-state index in [-0.39, 0.29) is 0 Å². The van der Waals surface area contributed by atoms with Gasteiger partial charge in [-0.25, -0.2) is 0 Å². The summed E-state index contributed by atoms with van der Waals surface area (Å²) in [5, 5.41) is 10.9. The van der Waals surface area contributed by atoms with Crippen molar-refractivity contribution >= 4 is 5.95 Å². The number of rotatable bonds is 4. The molecule has 0 unspecified atom stereocenters. The third-order valence-electron chi connectivity index (χ3n) is 4.67. The third-order valence-corrected chi connectivity index (χ3v) is 4.67. The molecule has 2 aliphatic heterocycles. The molecule has 0 saturated carbocycles. The summed E-state index contributed by atoms with van der Waals surface area (Å²) in [4.78, 5) is 6.85. The van der Waals surface area contributed by atoms with Gasteiger partial charge in [-0.3, -0.25) is 0 Å². The van der Waals surface area contributed by atoms with Crippen LogP contribution >= 0.6 is 0 Å². The van der Waals surface area contributed by atoms with E-state index in [1.165, 1.54) is 0 Å². The molecule has 2 aromatic rings. The Morgan fingerprint density at radius 2 is 1.71 bits per heavy atom. The summed E-state index contributed by atoms with van der Waals surface area (Å²) in [6, 6.07) is 9.88. The van der Waals surface area contributed by atoms with Crippen molar-refractivity contribution in [3.63, 3.8) is 0 Å². The lowest BCUT2D eigenvalue weighted by atomic mass is 9.92. The number of piperidine rings is 1. The monoisotopic (exact) mass is 329 g/mol. The van der Waals surface area contributed by atoms with Crippen molar-refractivity contribution in [1.29, 1.82) is 0 Å². The summed E-state index contributed by atoms with van der Waals surface area (Å²) in [5.41, 5.74) is -0.550. The third kappa shape index (κ3) is 3.09. The summed E-state index contributed by atoms with van der Waals surface area (Å²) in [6.07, 6.45) is 1.62. The van der Waals surface area contributed by atoms with Crippen molar-refractivity contribution in [2.45, 2.75) is 18.4 Å². The molecule has 1 aromatic heterocycles. The lowest BCUT2D eigenvalue weighted by Crippen LogP contribution is -2.45. The summed E-state index contributed by atoms with van der Waals surface area (Å²) < 4.78 is 12.0. The number of para-hydroxylation sites is 1. The molecule has 24 heavy (non-hydrogen) atoms. The van der Waals surface area contributed by atoms with Gasteiger partial charge in [-0.2, -0.15) is 4.98 Å². The SMILES string of the molecule is c1ccc(OC2(c3nc(N4CCNCC4)no3)CCNCC2)cc1. The number of benzene rings is 1. The second kappa shape index (κ2) is 6.78. The zero-order chi connectivity index (χ0) is 16.2. The largest absolute Gasteiger partial charge is 0.477 e. The Morgan fingerprint density at radius 3 is 2.46 bits per heavy atom. The maximum atomic E-state index is 6.36. The molecule has 0 atom stereocenters. The first-order valence-electron chi connectivity index (χ1n) is 8.60. The van der Waals surface area contributed by atoms with Crippen LogP contribution in [0, 0.1) is 0 Å². The molecule has 0 spiro atoms. The Kier molecular flexibility index (Phi) is 4.36. The van der Waals surface area contributed by atoms with E-state index < -0.39 is 5.60 Å². The molecule has 2 saturated heterocycles. The lowest BCUT2D eigenvalue weighted by molar-refractivity contribution is 0.00261. The number of aromatic nitrogens is 2. The number of hydrogen-bond acceptors (Lipinski definition) is 7. The smallest absolute Gasteiger partial charge is 0.272 e. The van der Waals surface area contributed by atoms with Crippen molar-refractivity contribution in [1.82, 2.24) is 20.8 Å². The standard InChI is InChI=1S/C17H23N5O2/c1-2-4-14(5-3-1)23-17(6-8-18-9-7-17)15-20-16(21-24-15)22-12-10-19-11-13-22/h1-5,18-19H,6-13H2. The molecule has 0 amide bonds. The zero-order valence-corrected chi connectivity index (χ0v) is 13.7. The molecular formula is C17H23N5O2. The fourth-order valence-corrected chi connectivity index (χ4v) is 3.30. The van der Waals surface area contributed by atoms with Crippen LogP contribution in [0.5, 0.6) is 5.75 Å². The molecular weight excluding hydrogens is 306 g/mol. The van der Waals surface area contributed by atoms with E-state index >= 15 is 0 Å². The minimum Gasteiger partial charge on any atom is -0.477 e. The molecule has 128 valence electrons. The summed E-state index contributed by atoms with van der Waals surface area (Å²) in [7, 11) is 0. The van der Waals surface area contributed by atoms with Gasteiger partial charge >= 0.3 is 0 Å². The van der Waals surface area contributed by atoms with Gasteiger partial charge < -0.3 is 24.8 Å². The van der Waals surface area contributed by atoms with E-state index in [1.807, 2.05) is 30.3 Å². The number of hydrogen-bond donors (Lipinski definition) is 2. The summed E-state index contributed by atoms with van der Waals surface area (Å²) >= 11 is 0. The van der Waals surface area contributed by atoms with Crippen LogP contribution in [0.3, 0.4) is 0 Å². The predicted octanol–water partition coefficient (Wildman–Crippen LogP) is 1.14. The van der Waals surface area contributed by atoms with Crippen LogP contribution in [-0.4, -0.2) is 49.4 Å². The Morgan fingerprint density at radius 1 is 1.00 bits per heavy atom. The van der Waals surface area contributed by atoms with E-state index in [9.17, 15) is 0 Å². The Balaban J connectivity index is 1.60. The second-order valence-electron chi connectivity index (χ2n) is 6.30. The molecule has 7 nitrogen and oxygen atoms in total. The van der Waals surface area contributed by atoms with Gasteiger partial charge in [0.2, 0.25) is 0 Å². The first kappa shape index (κ1) is 15.4. The zero-order valence-electron chi connectivity index (χ0n) is 13.7. The van der Waals surface area contributed by atoms with Crippen molar-refractivity contribution in [2.24, 2.45) is 0 Å². The van der Waals surface area contributed by atoms with Gasteiger partial charge in [-0.1, -0.05) is 18.2 Å². The van der Waals surface area contributed by atoms with Crippen LogP contribution in [0.15, 0.2) is 34.9 Å². The van der Waals surface area contributed by atoms with Crippen molar-refractivity contribution in [3.05, 3.63) is 36.2 Å². The van der Waals surface area contributed by atoms with Crippen LogP contribution in [-0.2, 0) is 5.60 Å². The molecule has 1 aromatic carbocycles. The van der Waals surface area contributed by atoms with Crippen LogP contribution in [0.1, 0.15) is 18.7 Å². The highest BCUT2D eigenvalue weighted by Gasteiger charge is 2.42. The van der Waals surface area contributed by atoms with Gasteiger partial charge in [0.15, 0.2) is 5.60 Å². The van der Waals surface area contributed by atoms with Crippen molar-refractivity contribution in [3.8, 4) is 5.75 Å². The Labute approximate surface area is 141 Å². The van der Waals surface area contributed by atoms with Crippen LogP contribution < -0.4 is 20.3 Å². The number of nitrogens with one attached hydrogen (secondary N) is 2. The summed E-state index contributed by atoms with van der Waals surface area (Å²) in [6.45, 7) is 5.43. The molecule has 0 bridgehead atoms. The van der Waals surface area contributed by atoms with Crippen LogP contribution in [0.25, 0.3) is 0 Å². The van der Waals surface area contributed by atoms with Gasteiger partial charge in [-0.15, -0.1) is 0 Å². The van der Waals surface area contributed by atoms with Gasteiger partial charge in [0.1, 0.15) is 5.75 Å². The van der Waals surface area contributed by atoms with E-state index in [2.05, 4.69) is 20.7 Å². The molecule has 2 fully saturated rings. The Hall–Kier alpha value is -2.12. The van der Waals surface area contributed by atoms with E-state index in [1.54, 1.807) is 0 Å². The highest BCUT2D eigenvalue weighted by atomic mass is 16.5. The van der Waals surface area contributed by atoms with Gasteiger partial charge in [0.25, 0.3) is 11.8 Å². The number of anilines is 1. The highest BCUT2D eigenvalue weighted by Crippen LogP contribution is 2.35. The molecule has 2 N–H and O–H groups in total. The fraction of sp³-hybridized carbons (Fsp3) is 0.529. The fourth-order valence-electron chi connectivity index (χ4n) is 3.30. The normalized spacial score (nSPS) is 20.8. The Bertz CT molecular complexity index is 648. The molecule has 0 radical (unpaired) electrons. The van der Waals surface area contributed by atoms with Gasteiger partial charge in [-0.05, 0) is 30.4 Å². The van der Waals surface area contributed by atoms with E-state index in [4.69, 9.17) is 14.2 Å². The molecule has 4 rings (SSSR count). The molecule has 0 aliphatic carbocycles. The van der Waals surface area contributed by atoms with Gasteiger partial charge in [0, 0.05) is 39.0 Å². The van der Waals surface area contributed by atoms with Gasteiger partial charge in [0.05, 0.1) is 0 Å². The maximum Gasteiger partial charge on any atom is 0.272 e. The minimum atomic E-state index is -0.550. The van der Waals surface area contributed by atoms with Crippen LogP contribution in [0.4, 0.5) is 5.95 Å². The topological polar surface area (TPSA) is 75.5 Å². The van der Waals surface area contributed by atoms with Crippen LogP contribution in [0.2, 0.25) is 0 Å². The minimum absolute atomic E-state index is 0.550. The van der Waals surface area contributed by atoms with Crippen molar-refractivity contribution in [2.75, 3.05) is 44.2 Å². The molecule has 7 heteroatoms. The predicted molar refractivity (Wildman–Crippen MR) is 90.2 cm³/mol. The quantitative estimate of drug-likeness (QED) is 0.871. The molecule has 2 aliphatic rings. The lowest BCUT2D eigenvalue weighted by Gasteiger charge is -2.34. The average Bonchev–Trinajstić information content (AvgIpc) is 3.15. The summed E-state index contributed by atoms with van der Waals surface area (Å²) in [5.74, 6) is 2.09. The second-order valence-corrected chi connectivity index (χ2v) is 6.30. The van der Waals surface area contributed by atoms with Crippen molar-refractivity contribution < 1.29 is 9.26 Å². The number of piperazine rings is 1. The number of nitrogens with zero attached hydrogens (tertiary/aromatic N) is 3. The van der Waals surface area contributed by atoms with E-state index in [0.717, 1.165) is 57.9 Å². The molecule has 3 heterocycles. The average molecular weight is 329 g/mol. The number of ether oxygens (including phenoxy) is 1. The highest BCUT2D eigenvalue weighted by molar-refractivity contribution is 5.30.